The van der Waals surface area contributed by atoms with Crippen LogP contribution < -0.4 is 0 Å². The van der Waals surface area contributed by atoms with E-state index >= 15 is 0 Å². The minimum atomic E-state index is -0.370. The zero-order valence-electron chi connectivity index (χ0n) is 13.6. The number of amides is 1. The molecular formula is C19H14BrF2N3O. The molecule has 0 atom stereocenters. The molecule has 1 amide bonds. The third-order valence-corrected chi connectivity index (χ3v) is 5.25. The summed E-state index contributed by atoms with van der Waals surface area (Å²) in [7, 11) is 0. The largest absolute Gasteiger partial charge is 0.331 e. The lowest BCUT2D eigenvalue weighted by Gasteiger charge is -2.28. The summed E-state index contributed by atoms with van der Waals surface area (Å²) in [6, 6.07) is 11.7. The number of fused-ring (bicyclic) bond motifs is 1. The smallest absolute Gasteiger partial charge is 0.254 e. The molecule has 0 unspecified atom stereocenters. The number of rotatable bonds is 2. The minimum absolute atomic E-state index is 0.146. The number of halogens is 3. The van der Waals surface area contributed by atoms with E-state index < -0.39 is 0 Å². The van der Waals surface area contributed by atoms with Crippen LogP contribution in [0.4, 0.5) is 8.78 Å². The maximum atomic E-state index is 13.2. The van der Waals surface area contributed by atoms with Crippen LogP contribution in [0.1, 0.15) is 16.1 Å². The molecule has 4 rings (SSSR count). The molecule has 2 aromatic carbocycles. The van der Waals surface area contributed by atoms with Crippen molar-refractivity contribution in [3.05, 3.63) is 75.9 Å². The van der Waals surface area contributed by atoms with Gasteiger partial charge in [0.15, 0.2) is 0 Å². The van der Waals surface area contributed by atoms with Crippen LogP contribution >= 0.6 is 15.9 Å². The Morgan fingerprint density at radius 3 is 2.23 bits per heavy atom. The molecule has 0 bridgehead atoms. The van der Waals surface area contributed by atoms with Crippen LogP contribution in [0.2, 0.25) is 0 Å². The van der Waals surface area contributed by atoms with Crippen LogP contribution in [-0.2, 0) is 13.1 Å². The Kier molecular flexibility index (Phi) is 4.32. The molecule has 0 saturated heterocycles. The second-order valence-electron chi connectivity index (χ2n) is 6.07. The van der Waals surface area contributed by atoms with Crippen molar-refractivity contribution in [1.29, 1.82) is 0 Å². The highest BCUT2D eigenvalue weighted by atomic mass is 79.9. The van der Waals surface area contributed by atoms with Gasteiger partial charge in [-0.05, 0) is 64.5 Å². The van der Waals surface area contributed by atoms with E-state index in [1.54, 1.807) is 17.0 Å². The molecule has 1 aromatic heterocycles. The Bertz CT molecular complexity index is 968. The quantitative estimate of drug-likeness (QED) is 0.625. The zero-order valence-corrected chi connectivity index (χ0v) is 15.2. The fourth-order valence-electron chi connectivity index (χ4n) is 3.03. The second-order valence-corrected chi connectivity index (χ2v) is 6.87. The Labute approximate surface area is 157 Å². The van der Waals surface area contributed by atoms with E-state index in [0.29, 0.717) is 25.2 Å². The van der Waals surface area contributed by atoms with Crippen molar-refractivity contribution in [2.75, 3.05) is 6.54 Å². The van der Waals surface area contributed by atoms with Gasteiger partial charge in [-0.25, -0.2) is 8.78 Å². The van der Waals surface area contributed by atoms with E-state index in [-0.39, 0.29) is 17.5 Å². The normalized spacial score (nSPS) is 13.6. The van der Waals surface area contributed by atoms with Gasteiger partial charge >= 0.3 is 0 Å². The minimum Gasteiger partial charge on any atom is -0.331 e. The predicted octanol–water partition coefficient (Wildman–Crippen LogP) is 4.25. The standard InChI is InChI=1S/C19H14BrF2N3O/c20-17-16-11-24(19(26)13-3-7-15(22)8-4-13)9-10-25(16)23-18(17)12-1-5-14(21)6-2-12/h1-8H,9-11H2. The number of carbonyl (C=O) groups is 1. The summed E-state index contributed by atoms with van der Waals surface area (Å²) in [5, 5.41) is 4.59. The third kappa shape index (κ3) is 3.03. The van der Waals surface area contributed by atoms with E-state index in [9.17, 15) is 13.6 Å². The number of hydrogen-bond acceptors (Lipinski definition) is 2. The van der Waals surface area contributed by atoms with Gasteiger partial charge in [0, 0.05) is 17.7 Å². The first kappa shape index (κ1) is 16.9. The van der Waals surface area contributed by atoms with Crippen molar-refractivity contribution >= 4 is 21.8 Å². The van der Waals surface area contributed by atoms with Gasteiger partial charge in [-0.1, -0.05) is 0 Å². The van der Waals surface area contributed by atoms with E-state index in [2.05, 4.69) is 21.0 Å². The molecule has 0 aliphatic carbocycles. The number of nitrogens with zero attached hydrogens (tertiary/aromatic N) is 3. The van der Waals surface area contributed by atoms with Crippen molar-refractivity contribution in [1.82, 2.24) is 14.7 Å². The SMILES string of the molecule is O=C(c1ccc(F)cc1)N1CCn2nc(-c3ccc(F)cc3)c(Br)c2C1. The summed E-state index contributed by atoms with van der Waals surface area (Å²) < 4.78 is 28.9. The molecule has 1 aliphatic heterocycles. The maximum absolute atomic E-state index is 13.2. The highest BCUT2D eigenvalue weighted by molar-refractivity contribution is 9.10. The Morgan fingerprint density at radius 1 is 0.962 bits per heavy atom. The van der Waals surface area contributed by atoms with Gasteiger partial charge in [0.25, 0.3) is 5.91 Å². The number of aromatic nitrogens is 2. The monoisotopic (exact) mass is 417 g/mol. The molecule has 4 nitrogen and oxygen atoms in total. The molecule has 2 heterocycles. The van der Waals surface area contributed by atoms with Gasteiger partial charge in [0.1, 0.15) is 17.3 Å². The third-order valence-electron chi connectivity index (χ3n) is 4.41. The topological polar surface area (TPSA) is 38.1 Å². The number of benzene rings is 2. The van der Waals surface area contributed by atoms with Gasteiger partial charge < -0.3 is 4.90 Å². The van der Waals surface area contributed by atoms with Crippen LogP contribution in [0.3, 0.4) is 0 Å². The van der Waals surface area contributed by atoms with Crippen LogP contribution in [0.25, 0.3) is 11.3 Å². The summed E-state index contributed by atoms with van der Waals surface area (Å²) >= 11 is 3.57. The molecule has 0 radical (unpaired) electrons. The summed E-state index contributed by atoms with van der Waals surface area (Å²) in [4.78, 5) is 14.4. The summed E-state index contributed by atoms with van der Waals surface area (Å²) in [5.41, 5.74) is 2.85. The van der Waals surface area contributed by atoms with Crippen molar-refractivity contribution < 1.29 is 13.6 Å². The molecule has 3 aromatic rings. The highest BCUT2D eigenvalue weighted by Crippen LogP contribution is 2.33. The Balaban J connectivity index is 1.61. The first-order valence-electron chi connectivity index (χ1n) is 8.09. The van der Waals surface area contributed by atoms with E-state index in [4.69, 9.17) is 0 Å². The van der Waals surface area contributed by atoms with Crippen LogP contribution in [0.5, 0.6) is 0 Å². The molecule has 26 heavy (non-hydrogen) atoms. The first-order valence-corrected chi connectivity index (χ1v) is 8.88. The lowest BCUT2D eigenvalue weighted by atomic mass is 10.1. The highest BCUT2D eigenvalue weighted by Gasteiger charge is 2.26. The zero-order chi connectivity index (χ0) is 18.3. The first-order chi connectivity index (χ1) is 12.5. The molecular weight excluding hydrogens is 404 g/mol. The van der Waals surface area contributed by atoms with E-state index in [0.717, 1.165) is 21.4 Å². The molecule has 0 spiro atoms. The van der Waals surface area contributed by atoms with Crippen molar-refractivity contribution in [2.24, 2.45) is 0 Å². The van der Waals surface area contributed by atoms with Gasteiger partial charge in [-0.3, -0.25) is 9.48 Å². The molecule has 1 aliphatic rings. The predicted molar refractivity (Wildman–Crippen MR) is 96.5 cm³/mol. The van der Waals surface area contributed by atoms with Gasteiger partial charge in [0.2, 0.25) is 0 Å². The summed E-state index contributed by atoms with van der Waals surface area (Å²) in [6.07, 6.45) is 0. The average Bonchev–Trinajstić information content (AvgIpc) is 2.99. The second kappa shape index (κ2) is 6.64. The number of hydrogen-bond donors (Lipinski definition) is 0. The van der Waals surface area contributed by atoms with Crippen LogP contribution in [-0.4, -0.2) is 27.1 Å². The maximum Gasteiger partial charge on any atom is 0.254 e. The van der Waals surface area contributed by atoms with E-state index in [1.807, 2.05) is 4.68 Å². The lowest BCUT2D eigenvalue weighted by Crippen LogP contribution is -2.38. The molecule has 0 saturated carbocycles. The van der Waals surface area contributed by atoms with Gasteiger partial charge in [0.05, 0.1) is 23.3 Å². The average molecular weight is 418 g/mol. The molecule has 0 fully saturated rings. The van der Waals surface area contributed by atoms with Gasteiger partial charge in [-0.15, -0.1) is 0 Å². The molecule has 7 heteroatoms. The lowest BCUT2D eigenvalue weighted by molar-refractivity contribution is 0.0705. The fraction of sp³-hybridized carbons (Fsp3) is 0.158. The van der Waals surface area contributed by atoms with Crippen molar-refractivity contribution in [2.45, 2.75) is 13.1 Å². The van der Waals surface area contributed by atoms with Crippen LogP contribution in [0.15, 0.2) is 53.0 Å². The van der Waals surface area contributed by atoms with Gasteiger partial charge in [-0.2, -0.15) is 5.10 Å². The molecule has 0 N–H and O–H groups in total. The molecule has 132 valence electrons. The van der Waals surface area contributed by atoms with Crippen molar-refractivity contribution in [3.8, 4) is 11.3 Å². The van der Waals surface area contributed by atoms with Crippen LogP contribution in [0, 0.1) is 11.6 Å². The summed E-state index contributed by atoms with van der Waals surface area (Å²) in [5.74, 6) is -0.817. The Morgan fingerprint density at radius 2 is 1.58 bits per heavy atom. The summed E-state index contributed by atoms with van der Waals surface area (Å²) in [6.45, 7) is 1.47. The van der Waals surface area contributed by atoms with Crippen molar-refractivity contribution in [3.63, 3.8) is 0 Å². The fourth-order valence-corrected chi connectivity index (χ4v) is 3.67. The van der Waals surface area contributed by atoms with E-state index in [1.165, 1.54) is 36.4 Å². The number of carbonyl (C=O) groups excluding carboxylic acids is 1. The Hall–Kier alpha value is -2.54.